The third-order valence-corrected chi connectivity index (χ3v) is 3.01. The van der Waals surface area contributed by atoms with Crippen molar-refractivity contribution >= 4 is 17.8 Å². The van der Waals surface area contributed by atoms with Gasteiger partial charge in [0, 0.05) is 5.56 Å². The molecule has 0 aliphatic carbocycles. The Balaban J connectivity index is 2.09. The van der Waals surface area contributed by atoms with Crippen LogP contribution < -0.4 is 0 Å². The van der Waals surface area contributed by atoms with E-state index in [9.17, 15) is 20.1 Å². The van der Waals surface area contributed by atoms with Crippen molar-refractivity contribution < 1.29 is 24.9 Å². The second-order valence-electron chi connectivity index (χ2n) is 4.35. The van der Waals surface area contributed by atoms with E-state index in [1.165, 1.54) is 18.2 Å². The van der Waals surface area contributed by atoms with Gasteiger partial charge in [-0.25, -0.2) is 4.79 Å². The summed E-state index contributed by atoms with van der Waals surface area (Å²) in [7, 11) is 0. The van der Waals surface area contributed by atoms with E-state index in [2.05, 4.69) is 0 Å². The first-order valence-corrected chi connectivity index (χ1v) is 5.84. The largest absolute Gasteiger partial charge is 0.507 e. The molecule has 1 aliphatic rings. The van der Waals surface area contributed by atoms with E-state index in [0.717, 1.165) is 0 Å². The smallest absolute Gasteiger partial charge is 0.348 e. The number of benzene rings is 2. The van der Waals surface area contributed by atoms with Gasteiger partial charge in [-0.05, 0) is 29.8 Å². The molecule has 0 aromatic heterocycles. The monoisotopic (exact) mass is 270 g/mol. The number of phenols is 3. The number of phenolic OH excluding ortho intramolecular Hbond substituents is 3. The van der Waals surface area contributed by atoms with Crippen molar-refractivity contribution in [2.75, 3.05) is 0 Å². The summed E-state index contributed by atoms with van der Waals surface area (Å²) >= 11 is 0. The van der Waals surface area contributed by atoms with E-state index in [-0.39, 0.29) is 28.6 Å². The first-order valence-electron chi connectivity index (χ1n) is 5.84. The molecule has 2 aromatic rings. The molecular weight excluding hydrogens is 260 g/mol. The van der Waals surface area contributed by atoms with Crippen LogP contribution in [0.2, 0.25) is 0 Å². The molecule has 0 fully saturated rings. The van der Waals surface area contributed by atoms with E-state index in [0.29, 0.717) is 11.1 Å². The molecule has 3 rings (SSSR count). The lowest BCUT2D eigenvalue weighted by atomic mass is 10.1. The predicted molar refractivity (Wildman–Crippen MR) is 71.2 cm³/mol. The molecule has 3 N–H and O–H groups in total. The zero-order chi connectivity index (χ0) is 14.3. The third-order valence-electron chi connectivity index (χ3n) is 3.01. The number of esters is 1. The van der Waals surface area contributed by atoms with Crippen LogP contribution in [-0.2, 0) is 4.74 Å². The first kappa shape index (κ1) is 12.1. The van der Waals surface area contributed by atoms with Crippen LogP contribution in [0.25, 0.3) is 11.8 Å². The number of cyclic esters (lactones) is 1. The van der Waals surface area contributed by atoms with Gasteiger partial charge in [-0.1, -0.05) is 18.2 Å². The standard InChI is InChI=1S/C15H10O5/c16-10-5-4-8(6-12(10)18)7-13-9-2-1-3-11(17)14(9)15(19)20-13/h1-7,16-18H/b13-7-. The summed E-state index contributed by atoms with van der Waals surface area (Å²) in [6.07, 6.45) is 1.54. The molecule has 5 nitrogen and oxygen atoms in total. The highest BCUT2D eigenvalue weighted by molar-refractivity contribution is 6.07. The van der Waals surface area contributed by atoms with Gasteiger partial charge >= 0.3 is 5.97 Å². The summed E-state index contributed by atoms with van der Waals surface area (Å²) in [4.78, 5) is 11.7. The molecular formula is C15H10O5. The Labute approximate surface area is 114 Å². The van der Waals surface area contributed by atoms with E-state index in [4.69, 9.17) is 4.74 Å². The van der Waals surface area contributed by atoms with Crippen molar-refractivity contribution in [1.82, 2.24) is 0 Å². The third kappa shape index (κ3) is 1.85. The summed E-state index contributed by atoms with van der Waals surface area (Å²) < 4.78 is 5.10. The molecule has 1 heterocycles. The number of hydrogen-bond acceptors (Lipinski definition) is 5. The zero-order valence-electron chi connectivity index (χ0n) is 10.2. The van der Waals surface area contributed by atoms with E-state index in [1.807, 2.05) is 0 Å². The summed E-state index contributed by atoms with van der Waals surface area (Å²) in [5.74, 6) is -0.962. The van der Waals surface area contributed by atoms with Crippen LogP contribution in [0.3, 0.4) is 0 Å². The summed E-state index contributed by atoms with van der Waals surface area (Å²) in [6, 6.07) is 8.93. The van der Waals surface area contributed by atoms with Gasteiger partial charge in [0.2, 0.25) is 0 Å². The first-order chi connectivity index (χ1) is 9.56. The van der Waals surface area contributed by atoms with Gasteiger partial charge in [-0.15, -0.1) is 0 Å². The molecule has 0 radical (unpaired) electrons. The van der Waals surface area contributed by atoms with Gasteiger partial charge in [-0.3, -0.25) is 0 Å². The van der Waals surface area contributed by atoms with Gasteiger partial charge in [0.05, 0.1) is 0 Å². The van der Waals surface area contributed by atoms with Crippen LogP contribution in [0.5, 0.6) is 17.2 Å². The highest BCUT2D eigenvalue weighted by Crippen LogP contribution is 2.36. The van der Waals surface area contributed by atoms with Crippen LogP contribution in [-0.4, -0.2) is 21.3 Å². The molecule has 5 heteroatoms. The summed E-state index contributed by atoms with van der Waals surface area (Å²) in [5.41, 5.74) is 1.17. The Hall–Kier alpha value is -2.95. The van der Waals surface area contributed by atoms with Crippen molar-refractivity contribution in [3.8, 4) is 17.2 Å². The normalized spacial score (nSPS) is 15.2. The summed E-state index contributed by atoms with van der Waals surface area (Å²) in [5, 5.41) is 28.4. The minimum Gasteiger partial charge on any atom is -0.507 e. The molecule has 0 bridgehead atoms. The van der Waals surface area contributed by atoms with E-state index >= 15 is 0 Å². The Bertz CT molecular complexity index is 746. The average molecular weight is 270 g/mol. The number of carbonyl (C=O) groups excluding carboxylic acids is 1. The SMILES string of the molecule is O=C1O/C(=C\c2ccc(O)c(O)c2)c2cccc(O)c21. The number of aromatic hydroxyl groups is 3. The molecule has 0 unspecified atom stereocenters. The minimum atomic E-state index is -0.618. The molecule has 20 heavy (non-hydrogen) atoms. The second kappa shape index (κ2) is 4.31. The molecule has 0 atom stereocenters. The van der Waals surface area contributed by atoms with Crippen LogP contribution >= 0.6 is 0 Å². The number of rotatable bonds is 1. The fraction of sp³-hybridized carbons (Fsp3) is 0. The second-order valence-corrected chi connectivity index (χ2v) is 4.35. The van der Waals surface area contributed by atoms with Crippen LogP contribution in [0, 0.1) is 0 Å². The van der Waals surface area contributed by atoms with E-state index in [1.54, 1.807) is 24.3 Å². The molecule has 100 valence electrons. The van der Waals surface area contributed by atoms with Crippen LogP contribution in [0.1, 0.15) is 21.5 Å². The quantitative estimate of drug-likeness (QED) is 0.547. The van der Waals surface area contributed by atoms with Crippen molar-refractivity contribution in [3.63, 3.8) is 0 Å². The molecule has 0 amide bonds. The van der Waals surface area contributed by atoms with Gasteiger partial charge in [0.15, 0.2) is 11.5 Å². The molecule has 0 saturated carbocycles. The Morgan fingerprint density at radius 1 is 0.950 bits per heavy atom. The van der Waals surface area contributed by atoms with E-state index < -0.39 is 5.97 Å². The Morgan fingerprint density at radius 2 is 1.75 bits per heavy atom. The molecule has 0 spiro atoms. The number of fused-ring (bicyclic) bond motifs is 1. The maximum atomic E-state index is 11.7. The highest BCUT2D eigenvalue weighted by Gasteiger charge is 2.29. The Morgan fingerprint density at radius 3 is 2.50 bits per heavy atom. The van der Waals surface area contributed by atoms with Crippen LogP contribution in [0.4, 0.5) is 0 Å². The zero-order valence-corrected chi connectivity index (χ0v) is 10.2. The lowest BCUT2D eigenvalue weighted by Gasteiger charge is -2.01. The fourth-order valence-corrected chi connectivity index (χ4v) is 2.05. The number of ether oxygens (including phenoxy) is 1. The lowest BCUT2D eigenvalue weighted by molar-refractivity contribution is 0.0714. The maximum Gasteiger partial charge on any atom is 0.348 e. The van der Waals surface area contributed by atoms with Crippen molar-refractivity contribution in [3.05, 3.63) is 53.1 Å². The van der Waals surface area contributed by atoms with Gasteiger partial charge < -0.3 is 20.1 Å². The minimum absolute atomic E-state index is 0.127. The highest BCUT2D eigenvalue weighted by atomic mass is 16.5. The lowest BCUT2D eigenvalue weighted by Crippen LogP contribution is -1.93. The maximum absolute atomic E-state index is 11.7. The topological polar surface area (TPSA) is 87.0 Å². The van der Waals surface area contributed by atoms with Crippen molar-refractivity contribution in [1.29, 1.82) is 0 Å². The van der Waals surface area contributed by atoms with Gasteiger partial charge in [0.25, 0.3) is 0 Å². The van der Waals surface area contributed by atoms with Crippen LogP contribution in [0.15, 0.2) is 36.4 Å². The molecule has 2 aromatic carbocycles. The fourth-order valence-electron chi connectivity index (χ4n) is 2.05. The molecule has 1 aliphatic heterocycles. The number of carbonyl (C=O) groups is 1. The number of hydrogen-bond donors (Lipinski definition) is 3. The van der Waals surface area contributed by atoms with Gasteiger partial charge in [-0.2, -0.15) is 0 Å². The van der Waals surface area contributed by atoms with Crippen molar-refractivity contribution in [2.45, 2.75) is 0 Å². The van der Waals surface area contributed by atoms with Crippen molar-refractivity contribution in [2.24, 2.45) is 0 Å². The summed E-state index contributed by atoms with van der Waals surface area (Å²) in [6.45, 7) is 0. The predicted octanol–water partition coefficient (Wildman–Crippen LogP) is 2.47. The van der Waals surface area contributed by atoms with Gasteiger partial charge in [0.1, 0.15) is 17.1 Å². The molecule has 0 saturated heterocycles. The average Bonchev–Trinajstić information content (AvgIpc) is 2.72. The Kier molecular flexibility index (Phi) is 2.61.